The Balaban J connectivity index is 1.45. The summed E-state index contributed by atoms with van der Waals surface area (Å²) in [6.45, 7) is 2.68. The molecule has 2 aromatic rings. The number of thioether (sulfide) groups is 1. The van der Waals surface area contributed by atoms with Gasteiger partial charge in [-0.2, -0.15) is 0 Å². The molecule has 1 aliphatic heterocycles. The summed E-state index contributed by atoms with van der Waals surface area (Å²) in [5, 5.41) is 0.839. The minimum atomic E-state index is 0.142. The minimum Gasteiger partial charge on any atom is -0.333 e. The van der Waals surface area contributed by atoms with Crippen molar-refractivity contribution in [1.82, 2.24) is 9.80 Å². The number of hydrogen-bond acceptors (Lipinski definition) is 3. The largest absolute Gasteiger partial charge is 0.333 e. The highest BCUT2D eigenvalue weighted by atomic mass is 35.5. The molecule has 5 heteroatoms. The van der Waals surface area contributed by atoms with Gasteiger partial charge >= 0.3 is 0 Å². The third-order valence-electron chi connectivity index (χ3n) is 4.94. The second-order valence-electron chi connectivity index (χ2n) is 7.51. The molecule has 1 saturated heterocycles. The van der Waals surface area contributed by atoms with Gasteiger partial charge in [-0.25, -0.2) is 0 Å². The molecule has 27 heavy (non-hydrogen) atoms. The van der Waals surface area contributed by atoms with Gasteiger partial charge in [0, 0.05) is 29.6 Å². The maximum atomic E-state index is 12.5. The molecule has 3 nitrogen and oxygen atoms in total. The Hall–Kier alpha value is -1.49. The van der Waals surface area contributed by atoms with Gasteiger partial charge in [0.25, 0.3) is 5.24 Å². The summed E-state index contributed by atoms with van der Waals surface area (Å²) in [6.07, 6.45) is 3.26. The average molecular weight is 403 g/mol. The summed E-state index contributed by atoms with van der Waals surface area (Å²) in [5.41, 5.74) is 2.75. The first kappa shape index (κ1) is 20.2. The molecule has 2 aromatic carbocycles. The van der Waals surface area contributed by atoms with Crippen LogP contribution in [0.25, 0.3) is 0 Å². The third-order valence-corrected chi connectivity index (χ3v) is 6.13. The van der Waals surface area contributed by atoms with Gasteiger partial charge in [-0.05, 0) is 86.4 Å². The Kier molecular flexibility index (Phi) is 7.22. The van der Waals surface area contributed by atoms with E-state index in [1.54, 1.807) is 0 Å². The lowest BCUT2D eigenvalue weighted by Gasteiger charge is -2.31. The van der Waals surface area contributed by atoms with E-state index < -0.39 is 0 Å². The number of carbonyl (C=O) groups excluding carboxylic acids is 1. The van der Waals surface area contributed by atoms with Crippen LogP contribution in [-0.2, 0) is 13.0 Å². The quantitative estimate of drug-likeness (QED) is 0.611. The normalized spacial score (nSPS) is 15.3. The molecule has 0 spiro atoms. The molecule has 1 aliphatic rings. The molecular formula is C22H27ClN2OS. The van der Waals surface area contributed by atoms with E-state index in [-0.39, 0.29) is 5.24 Å². The molecule has 3 rings (SSSR count). The van der Waals surface area contributed by atoms with Gasteiger partial charge in [0.1, 0.15) is 0 Å². The fourth-order valence-corrected chi connectivity index (χ4v) is 4.38. The smallest absolute Gasteiger partial charge is 0.286 e. The van der Waals surface area contributed by atoms with Gasteiger partial charge in [0.15, 0.2) is 0 Å². The molecule has 0 saturated carbocycles. The van der Waals surface area contributed by atoms with Gasteiger partial charge in [0.05, 0.1) is 0 Å². The average Bonchev–Trinajstić information content (AvgIpc) is 2.65. The zero-order chi connectivity index (χ0) is 19.2. The van der Waals surface area contributed by atoms with E-state index >= 15 is 0 Å². The fraction of sp³-hybridized carbons (Fsp3) is 0.409. The summed E-state index contributed by atoms with van der Waals surface area (Å²) in [5.74, 6) is 0.661. The zero-order valence-electron chi connectivity index (χ0n) is 16.0. The molecule has 0 atom stereocenters. The molecule has 0 radical (unpaired) electrons. The third kappa shape index (κ3) is 6.27. The van der Waals surface area contributed by atoms with Crippen LogP contribution in [0.1, 0.15) is 24.0 Å². The predicted molar refractivity (Wildman–Crippen MR) is 115 cm³/mol. The Morgan fingerprint density at radius 3 is 2.22 bits per heavy atom. The lowest BCUT2D eigenvalue weighted by atomic mass is 9.90. The molecule has 0 N–H and O–H groups in total. The Morgan fingerprint density at radius 2 is 1.63 bits per heavy atom. The van der Waals surface area contributed by atoms with Gasteiger partial charge in [-0.3, -0.25) is 4.79 Å². The van der Waals surface area contributed by atoms with Crippen LogP contribution in [-0.4, -0.2) is 42.2 Å². The van der Waals surface area contributed by atoms with Gasteiger partial charge in [0.2, 0.25) is 0 Å². The maximum absolute atomic E-state index is 12.5. The summed E-state index contributed by atoms with van der Waals surface area (Å²) in [4.78, 5) is 17.6. The van der Waals surface area contributed by atoms with Crippen molar-refractivity contribution in [3.05, 3.63) is 64.7 Å². The van der Waals surface area contributed by atoms with Crippen LogP contribution < -0.4 is 0 Å². The number of halogens is 1. The van der Waals surface area contributed by atoms with E-state index in [9.17, 15) is 4.79 Å². The van der Waals surface area contributed by atoms with Crippen LogP contribution in [0.3, 0.4) is 0 Å². The van der Waals surface area contributed by atoms with Gasteiger partial charge < -0.3 is 9.80 Å². The SMILES string of the molecule is CN(C)Cc1ccc(CC2CCN(C(=O)Sc3ccc(Cl)cc3)CC2)cc1. The Bertz CT molecular complexity index is 738. The van der Waals surface area contributed by atoms with E-state index in [2.05, 4.69) is 43.3 Å². The topological polar surface area (TPSA) is 23.6 Å². The highest BCUT2D eigenvalue weighted by Gasteiger charge is 2.23. The molecule has 1 fully saturated rings. The van der Waals surface area contributed by atoms with Crippen molar-refractivity contribution < 1.29 is 4.79 Å². The molecular weight excluding hydrogens is 376 g/mol. The monoisotopic (exact) mass is 402 g/mol. The van der Waals surface area contributed by atoms with E-state index in [0.29, 0.717) is 10.9 Å². The van der Waals surface area contributed by atoms with Crippen LogP contribution in [0.2, 0.25) is 5.02 Å². The molecule has 1 amide bonds. The van der Waals surface area contributed by atoms with Crippen molar-refractivity contribution in [2.75, 3.05) is 27.2 Å². The standard InChI is InChI=1S/C22H27ClN2OS/c1-24(2)16-19-5-3-17(4-6-19)15-18-11-13-25(14-12-18)22(26)27-21-9-7-20(23)8-10-21/h3-10,18H,11-16H2,1-2H3. The van der Waals surface area contributed by atoms with E-state index in [1.165, 1.54) is 22.9 Å². The van der Waals surface area contributed by atoms with Crippen LogP contribution in [0.5, 0.6) is 0 Å². The number of benzene rings is 2. The summed E-state index contributed by atoms with van der Waals surface area (Å²) in [7, 11) is 4.18. The number of piperidine rings is 1. The maximum Gasteiger partial charge on any atom is 0.286 e. The van der Waals surface area contributed by atoms with E-state index in [1.807, 2.05) is 29.2 Å². The summed E-state index contributed by atoms with van der Waals surface area (Å²) >= 11 is 7.20. The molecule has 144 valence electrons. The Labute approximate surface area is 171 Å². The molecule has 0 bridgehead atoms. The van der Waals surface area contributed by atoms with Crippen molar-refractivity contribution >= 4 is 28.6 Å². The van der Waals surface area contributed by atoms with E-state index in [4.69, 9.17) is 11.6 Å². The zero-order valence-corrected chi connectivity index (χ0v) is 17.6. The van der Waals surface area contributed by atoms with Gasteiger partial charge in [-0.15, -0.1) is 0 Å². The number of hydrogen-bond donors (Lipinski definition) is 0. The van der Waals surface area contributed by atoms with Crippen LogP contribution >= 0.6 is 23.4 Å². The first-order chi connectivity index (χ1) is 13.0. The molecule has 0 aromatic heterocycles. The second-order valence-corrected chi connectivity index (χ2v) is 8.97. The van der Waals surface area contributed by atoms with Crippen LogP contribution in [0.4, 0.5) is 4.79 Å². The minimum absolute atomic E-state index is 0.142. The highest BCUT2D eigenvalue weighted by molar-refractivity contribution is 8.13. The predicted octanol–water partition coefficient (Wildman–Crippen LogP) is 5.57. The summed E-state index contributed by atoms with van der Waals surface area (Å²) in [6, 6.07) is 16.4. The van der Waals surface area contributed by atoms with Crippen LogP contribution in [0.15, 0.2) is 53.4 Å². The summed E-state index contributed by atoms with van der Waals surface area (Å²) < 4.78 is 0. The second kappa shape index (κ2) is 9.63. The van der Waals surface area contributed by atoms with Crippen molar-refractivity contribution in [2.24, 2.45) is 5.92 Å². The number of amides is 1. The molecule has 0 aliphatic carbocycles. The number of rotatable bonds is 5. The first-order valence-electron chi connectivity index (χ1n) is 9.44. The van der Waals surface area contributed by atoms with Crippen molar-refractivity contribution in [3.63, 3.8) is 0 Å². The van der Waals surface area contributed by atoms with Crippen molar-refractivity contribution in [1.29, 1.82) is 0 Å². The lowest BCUT2D eigenvalue weighted by molar-refractivity contribution is 0.192. The number of nitrogens with zero attached hydrogens (tertiary/aromatic N) is 2. The van der Waals surface area contributed by atoms with Crippen LogP contribution in [0, 0.1) is 5.92 Å². The molecule has 1 heterocycles. The number of likely N-dealkylation sites (tertiary alicyclic amines) is 1. The van der Waals surface area contributed by atoms with Crippen molar-refractivity contribution in [3.8, 4) is 0 Å². The number of carbonyl (C=O) groups is 1. The van der Waals surface area contributed by atoms with E-state index in [0.717, 1.165) is 43.8 Å². The fourth-order valence-electron chi connectivity index (χ4n) is 3.47. The first-order valence-corrected chi connectivity index (χ1v) is 10.6. The van der Waals surface area contributed by atoms with Crippen molar-refractivity contribution in [2.45, 2.75) is 30.7 Å². The van der Waals surface area contributed by atoms with Gasteiger partial charge in [-0.1, -0.05) is 35.9 Å². The highest BCUT2D eigenvalue weighted by Crippen LogP contribution is 2.27. The lowest BCUT2D eigenvalue weighted by Crippen LogP contribution is -2.36. The molecule has 0 unspecified atom stereocenters. The Morgan fingerprint density at radius 1 is 1.04 bits per heavy atom.